The molecule has 1 amide bonds. The van der Waals surface area contributed by atoms with Crippen molar-refractivity contribution in [2.24, 2.45) is 0 Å². The van der Waals surface area contributed by atoms with Gasteiger partial charge in [-0.2, -0.15) is 5.10 Å². The topological polar surface area (TPSA) is 47.4 Å². The van der Waals surface area contributed by atoms with Crippen LogP contribution in [-0.4, -0.2) is 40.3 Å². The number of amides is 1. The first-order valence-corrected chi connectivity index (χ1v) is 9.74. The average Bonchev–Trinajstić information content (AvgIpc) is 3.20. The molecule has 1 aliphatic heterocycles. The molecule has 1 fully saturated rings. The van der Waals surface area contributed by atoms with Crippen LogP contribution in [0.15, 0.2) is 66.7 Å². The lowest BCUT2D eigenvalue weighted by Gasteiger charge is -2.33. The molecule has 1 atom stereocenters. The van der Waals surface area contributed by atoms with Crippen LogP contribution >= 0.6 is 0 Å². The summed E-state index contributed by atoms with van der Waals surface area (Å²) >= 11 is 0. The standard InChI is InChI=1S/C23H25N3O2/c1-17(2)20-15-21(26(24-20)19-11-7-4-8-12-19)23(27)25-13-14-28-22(16-25)18-9-5-3-6-10-18/h3-12,15,17,22H,13-14,16H2,1-2H3/t22-/m1/s1. The number of carbonyl (C=O) groups is 1. The van der Waals surface area contributed by atoms with E-state index in [1.54, 1.807) is 4.68 Å². The third-order valence-electron chi connectivity index (χ3n) is 5.06. The SMILES string of the molecule is CC(C)c1cc(C(=O)N2CCO[C@@H](c3ccccc3)C2)n(-c2ccccc2)n1. The minimum absolute atomic E-state index is 0.00696. The van der Waals surface area contributed by atoms with Crippen LogP contribution in [0.3, 0.4) is 0 Å². The van der Waals surface area contributed by atoms with E-state index in [-0.39, 0.29) is 17.9 Å². The summed E-state index contributed by atoms with van der Waals surface area (Å²) in [4.78, 5) is 15.3. The van der Waals surface area contributed by atoms with Crippen LogP contribution in [0.2, 0.25) is 0 Å². The summed E-state index contributed by atoms with van der Waals surface area (Å²) in [5.74, 6) is 0.241. The Hall–Kier alpha value is -2.92. The Balaban J connectivity index is 1.64. The first kappa shape index (κ1) is 18.4. The van der Waals surface area contributed by atoms with E-state index in [9.17, 15) is 4.79 Å². The Morgan fingerprint density at radius 3 is 2.43 bits per heavy atom. The van der Waals surface area contributed by atoms with Crippen molar-refractivity contribution in [3.63, 3.8) is 0 Å². The highest BCUT2D eigenvalue weighted by Gasteiger charge is 2.29. The van der Waals surface area contributed by atoms with E-state index in [1.807, 2.05) is 71.6 Å². The maximum Gasteiger partial charge on any atom is 0.272 e. The van der Waals surface area contributed by atoms with Gasteiger partial charge in [-0.1, -0.05) is 62.4 Å². The number of hydrogen-bond acceptors (Lipinski definition) is 3. The molecular weight excluding hydrogens is 350 g/mol. The Kier molecular flexibility index (Phi) is 5.26. The maximum absolute atomic E-state index is 13.4. The molecule has 0 bridgehead atoms. The molecule has 0 spiro atoms. The second-order valence-electron chi connectivity index (χ2n) is 7.38. The average molecular weight is 375 g/mol. The van der Waals surface area contributed by atoms with Crippen molar-refractivity contribution in [2.75, 3.05) is 19.7 Å². The Morgan fingerprint density at radius 1 is 1.07 bits per heavy atom. The van der Waals surface area contributed by atoms with Crippen molar-refractivity contribution in [3.8, 4) is 5.69 Å². The highest BCUT2D eigenvalue weighted by Crippen LogP contribution is 2.25. The summed E-state index contributed by atoms with van der Waals surface area (Å²) < 4.78 is 7.69. The van der Waals surface area contributed by atoms with E-state index >= 15 is 0 Å². The van der Waals surface area contributed by atoms with Crippen LogP contribution in [0.5, 0.6) is 0 Å². The number of carbonyl (C=O) groups excluding carboxylic acids is 1. The van der Waals surface area contributed by atoms with Gasteiger partial charge in [-0.15, -0.1) is 0 Å². The van der Waals surface area contributed by atoms with Crippen molar-refractivity contribution in [3.05, 3.63) is 83.7 Å². The highest BCUT2D eigenvalue weighted by molar-refractivity contribution is 5.93. The number of morpholine rings is 1. The fourth-order valence-electron chi connectivity index (χ4n) is 3.47. The van der Waals surface area contributed by atoms with Crippen molar-refractivity contribution in [1.29, 1.82) is 0 Å². The molecule has 144 valence electrons. The van der Waals surface area contributed by atoms with Gasteiger partial charge in [0.2, 0.25) is 0 Å². The van der Waals surface area contributed by atoms with Crippen LogP contribution in [0.25, 0.3) is 5.69 Å². The molecule has 28 heavy (non-hydrogen) atoms. The van der Waals surface area contributed by atoms with Gasteiger partial charge in [0.05, 0.1) is 24.5 Å². The number of ether oxygens (including phenoxy) is 1. The molecular formula is C23H25N3O2. The minimum atomic E-state index is -0.100. The predicted molar refractivity (Wildman–Crippen MR) is 109 cm³/mol. The molecule has 0 aliphatic carbocycles. The third-order valence-corrected chi connectivity index (χ3v) is 5.06. The van der Waals surface area contributed by atoms with E-state index in [0.29, 0.717) is 25.4 Å². The normalized spacial score (nSPS) is 17.1. The molecule has 0 unspecified atom stereocenters. The van der Waals surface area contributed by atoms with Crippen LogP contribution < -0.4 is 0 Å². The molecule has 4 rings (SSSR count). The van der Waals surface area contributed by atoms with Crippen LogP contribution in [-0.2, 0) is 4.74 Å². The second kappa shape index (κ2) is 7.98. The molecule has 1 aromatic heterocycles. The first-order valence-electron chi connectivity index (χ1n) is 9.74. The first-order chi connectivity index (χ1) is 13.6. The molecule has 2 aromatic carbocycles. The maximum atomic E-state index is 13.4. The second-order valence-corrected chi connectivity index (χ2v) is 7.38. The van der Waals surface area contributed by atoms with Crippen molar-refractivity contribution in [1.82, 2.24) is 14.7 Å². The Bertz CT molecular complexity index is 935. The quantitative estimate of drug-likeness (QED) is 0.686. The fourth-order valence-corrected chi connectivity index (χ4v) is 3.47. The zero-order valence-corrected chi connectivity index (χ0v) is 16.3. The van der Waals surface area contributed by atoms with Crippen molar-refractivity contribution < 1.29 is 9.53 Å². The molecule has 2 heterocycles. The molecule has 0 radical (unpaired) electrons. The van der Waals surface area contributed by atoms with Crippen LogP contribution in [0, 0.1) is 0 Å². The summed E-state index contributed by atoms with van der Waals surface area (Å²) in [5.41, 5.74) is 3.51. The lowest BCUT2D eigenvalue weighted by Crippen LogP contribution is -2.42. The number of nitrogens with zero attached hydrogens (tertiary/aromatic N) is 3. The van der Waals surface area contributed by atoms with Crippen LogP contribution in [0.4, 0.5) is 0 Å². The van der Waals surface area contributed by atoms with E-state index in [2.05, 4.69) is 13.8 Å². The summed E-state index contributed by atoms with van der Waals surface area (Å²) in [5, 5.41) is 4.71. The summed E-state index contributed by atoms with van der Waals surface area (Å²) in [6.45, 7) is 5.83. The number of hydrogen-bond donors (Lipinski definition) is 0. The van der Waals surface area contributed by atoms with Gasteiger partial charge < -0.3 is 9.64 Å². The minimum Gasteiger partial charge on any atom is -0.370 e. The zero-order chi connectivity index (χ0) is 19.5. The highest BCUT2D eigenvalue weighted by atomic mass is 16.5. The molecule has 0 saturated carbocycles. The molecule has 1 aliphatic rings. The van der Waals surface area contributed by atoms with Gasteiger partial charge in [0.25, 0.3) is 5.91 Å². The lowest BCUT2D eigenvalue weighted by atomic mass is 10.1. The van der Waals surface area contributed by atoms with Crippen LogP contribution in [0.1, 0.15) is 47.6 Å². The van der Waals surface area contributed by atoms with Gasteiger partial charge in [-0.3, -0.25) is 4.79 Å². The monoisotopic (exact) mass is 375 g/mol. The lowest BCUT2D eigenvalue weighted by molar-refractivity contribution is -0.0231. The fraction of sp³-hybridized carbons (Fsp3) is 0.304. The largest absolute Gasteiger partial charge is 0.370 e. The molecule has 3 aromatic rings. The summed E-state index contributed by atoms with van der Waals surface area (Å²) in [7, 11) is 0. The zero-order valence-electron chi connectivity index (χ0n) is 16.3. The van der Waals surface area contributed by atoms with Gasteiger partial charge in [0.1, 0.15) is 11.8 Å². The Labute approximate surface area is 165 Å². The van der Waals surface area contributed by atoms with E-state index in [0.717, 1.165) is 16.9 Å². The molecule has 0 N–H and O–H groups in total. The van der Waals surface area contributed by atoms with E-state index < -0.39 is 0 Å². The number of benzene rings is 2. The van der Waals surface area contributed by atoms with Gasteiger partial charge in [-0.25, -0.2) is 4.68 Å². The number of aromatic nitrogens is 2. The van der Waals surface area contributed by atoms with Gasteiger partial charge >= 0.3 is 0 Å². The van der Waals surface area contributed by atoms with E-state index in [1.165, 1.54) is 0 Å². The molecule has 1 saturated heterocycles. The van der Waals surface area contributed by atoms with Crippen molar-refractivity contribution >= 4 is 5.91 Å². The van der Waals surface area contributed by atoms with Gasteiger partial charge in [0.15, 0.2) is 0 Å². The summed E-state index contributed by atoms with van der Waals surface area (Å²) in [6, 6.07) is 21.8. The Morgan fingerprint density at radius 2 is 1.75 bits per heavy atom. The number of rotatable bonds is 4. The third kappa shape index (κ3) is 3.71. The number of para-hydroxylation sites is 1. The van der Waals surface area contributed by atoms with E-state index in [4.69, 9.17) is 9.84 Å². The molecule has 5 nitrogen and oxygen atoms in total. The predicted octanol–water partition coefficient (Wildman–Crippen LogP) is 4.21. The van der Waals surface area contributed by atoms with Crippen molar-refractivity contribution in [2.45, 2.75) is 25.9 Å². The van der Waals surface area contributed by atoms with Gasteiger partial charge in [-0.05, 0) is 29.7 Å². The molecule has 5 heteroatoms. The van der Waals surface area contributed by atoms with Gasteiger partial charge in [0, 0.05) is 6.54 Å². The smallest absolute Gasteiger partial charge is 0.272 e. The summed E-state index contributed by atoms with van der Waals surface area (Å²) in [6.07, 6.45) is -0.100.